The summed E-state index contributed by atoms with van der Waals surface area (Å²) in [6.45, 7) is 6.65. The number of aliphatic hydroxyl groups is 1. The first-order valence-electron chi connectivity index (χ1n) is 33.0. The average Bonchev–Trinajstić information content (AvgIpc) is 1.70. The van der Waals surface area contributed by atoms with Gasteiger partial charge in [0.15, 0.2) is 0 Å². The second-order valence-electron chi connectivity index (χ2n) is 25.6. The van der Waals surface area contributed by atoms with E-state index in [9.17, 15) is 33.5 Å². The number of halogens is 2. The maximum atomic E-state index is 15.6. The van der Waals surface area contributed by atoms with Crippen molar-refractivity contribution in [2.24, 2.45) is 5.73 Å². The number of hydrogen-bond donors (Lipinski definition) is 11. The average molecular weight is 1380 g/mol. The SMILES string of the molecule is COc1ccc(C[C@@H]2NC(=O)[C@H]([C@@H](C)O)NC(=O)[C@]3(C)CCCN3C(=O)[C@H](Cc3c[nH]c4ccc(F)cc34)NC(=O)[C@H](Cc3c[nH]c4ccc(F)cc34)NC(=O)[C@@H](C)NC(=O)[C@H](CCCCN)NC(=O)CCSCc3cccc(c3)CSCCNC(=O)[C@]3(C)CCCN3C2=O)cc1. The molecule has 5 heterocycles. The minimum atomic E-state index is -1.77. The number of nitrogens with zero attached hydrogens (tertiary/aromatic N) is 2. The summed E-state index contributed by atoms with van der Waals surface area (Å²) in [5, 5.41) is 31.9. The molecule has 97 heavy (non-hydrogen) atoms. The van der Waals surface area contributed by atoms with E-state index in [4.69, 9.17) is 10.5 Å². The Morgan fingerprint density at radius 1 is 0.629 bits per heavy atom. The number of ether oxygens (including phenoxy) is 1. The highest BCUT2D eigenvalue weighted by Gasteiger charge is 2.51. The van der Waals surface area contributed by atoms with Crippen LogP contribution < -0.4 is 47.7 Å². The zero-order valence-corrected chi connectivity index (χ0v) is 56.9. The summed E-state index contributed by atoms with van der Waals surface area (Å²) >= 11 is 3.16. The van der Waals surface area contributed by atoms with Gasteiger partial charge in [0.05, 0.1) is 13.2 Å². The largest absolute Gasteiger partial charge is 0.497 e. The zero-order chi connectivity index (χ0) is 69.6. The molecule has 2 fully saturated rings. The number of carbonyl (C=O) groups is 9. The monoisotopic (exact) mass is 1370 g/mol. The fourth-order valence-electron chi connectivity index (χ4n) is 12.9. The lowest BCUT2D eigenvalue weighted by molar-refractivity contribution is -0.149. The van der Waals surface area contributed by atoms with E-state index in [0.29, 0.717) is 106 Å². The van der Waals surface area contributed by atoms with Gasteiger partial charge in [-0.1, -0.05) is 36.4 Å². The molecule has 0 saturated carbocycles. The zero-order valence-electron chi connectivity index (χ0n) is 55.3. The highest BCUT2D eigenvalue weighted by atomic mass is 32.2. The fourth-order valence-corrected chi connectivity index (χ4v) is 14.6. The Bertz CT molecular complexity index is 3830. The van der Waals surface area contributed by atoms with Gasteiger partial charge in [0.2, 0.25) is 53.2 Å². The van der Waals surface area contributed by atoms with Gasteiger partial charge in [-0.15, -0.1) is 0 Å². The fraction of sp³-hybridized carbons (Fsp3) is 0.471. The summed E-state index contributed by atoms with van der Waals surface area (Å²) in [5.41, 5.74) is 7.25. The van der Waals surface area contributed by atoms with E-state index in [2.05, 4.69) is 53.3 Å². The topological polar surface area (TPSA) is 331 Å². The molecule has 27 heteroatoms. The van der Waals surface area contributed by atoms with E-state index in [0.717, 1.165) is 11.1 Å². The van der Waals surface area contributed by atoms with Crippen molar-refractivity contribution in [1.82, 2.24) is 57.0 Å². The number of H-pyrrole nitrogens is 2. The van der Waals surface area contributed by atoms with Gasteiger partial charge in [0.25, 0.3) is 0 Å². The number of aliphatic hydroxyl groups excluding tert-OH is 1. The number of carbonyl (C=O) groups excluding carboxylic acids is 9. The smallest absolute Gasteiger partial charge is 0.246 e. The van der Waals surface area contributed by atoms with Crippen LogP contribution >= 0.6 is 23.5 Å². The summed E-state index contributed by atoms with van der Waals surface area (Å²) in [6, 6.07) is 14.4. The van der Waals surface area contributed by atoms with Crippen molar-refractivity contribution in [1.29, 1.82) is 0 Å². The number of nitrogens with two attached hydrogens (primary N) is 1. The van der Waals surface area contributed by atoms with E-state index in [-0.39, 0.29) is 69.8 Å². The predicted octanol–water partition coefficient (Wildman–Crippen LogP) is 4.85. The van der Waals surface area contributed by atoms with E-state index in [1.54, 1.807) is 67.1 Å². The van der Waals surface area contributed by atoms with Crippen LogP contribution in [0.4, 0.5) is 8.78 Å². The van der Waals surface area contributed by atoms with Crippen molar-refractivity contribution in [2.75, 3.05) is 44.8 Å². The third-order valence-electron chi connectivity index (χ3n) is 18.5. The van der Waals surface area contributed by atoms with Crippen molar-refractivity contribution in [3.8, 4) is 5.75 Å². The molecule has 9 atom stereocenters. The van der Waals surface area contributed by atoms with Gasteiger partial charge in [-0.25, -0.2) is 8.78 Å². The lowest BCUT2D eigenvalue weighted by Crippen LogP contribution is -2.65. The Balaban J connectivity index is 1.04. The lowest BCUT2D eigenvalue weighted by Gasteiger charge is -2.38. The van der Waals surface area contributed by atoms with Gasteiger partial charge in [0.1, 0.15) is 64.7 Å². The second kappa shape index (κ2) is 33.1. The number of rotatable bonds is 12. The van der Waals surface area contributed by atoms with Crippen molar-refractivity contribution in [3.63, 3.8) is 0 Å². The maximum absolute atomic E-state index is 15.6. The minimum absolute atomic E-state index is 0.0362. The molecular weight excluding hydrogens is 1290 g/mol. The third kappa shape index (κ3) is 18.2. The molecule has 0 spiro atoms. The number of benzene rings is 4. The summed E-state index contributed by atoms with van der Waals surface area (Å²) in [6.07, 6.45) is 3.30. The molecule has 520 valence electrons. The first kappa shape index (κ1) is 72.7. The predicted molar refractivity (Wildman–Crippen MR) is 368 cm³/mol. The molecule has 0 unspecified atom stereocenters. The van der Waals surface area contributed by atoms with Gasteiger partial charge in [-0.05, 0) is 156 Å². The molecule has 0 aliphatic carbocycles. The third-order valence-corrected chi connectivity index (χ3v) is 20.6. The van der Waals surface area contributed by atoms with Crippen LogP contribution in [0.3, 0.4) is 0 Å². The summed E-state index contributed by atoms with van der Waals surface area (Å²) in [4.78, 5) is 141. The normalized spacial score (nSPS) is 25.0. The Hall–Kier alpha value is -8.53. The molecule has 6 aromatic rings. The van der Waals surface area contributed by atoms with Crippen LogP contribution in [0.25, 0.3) is 21.8 Å². The maximum Gasteiger partial charge on any atom is 0.246 e. The molecule has 2 saturated heterocycles. The van der Waals surface area contributed by atoms with Gasteiger partial charge in [-0.3, -0.25) is 43.2 Å². The standard InChI is InChI=1S/C70H88F2N12O11S2/c1-41-61(87)79-56(33-46-37-75-53-20-16-48(71)35-51(46)53)63(89)80-58(34-47-38-76-54-21-17-49(72)36-52(47)54)66(92)84-28-10-24-70(84,4)68(94)82-60(42(2)85)64(90)81-57(32-43-14-18-50(95-5)19-15-43)65(91)83-27-9-23-69(83,3)67(93)74-26-30-97-40-45-12-8-11-44(31-45)39-96-29-22-59(86)78-55(62(88)77-41)13-6-7-25-73/h8,11-12,14-21,31,35-38,41-42,55-58,60,75-76,85H,6-7,9-10,13,22-30,32-34,39-40,73H2,1-5H3,(H,74,93)(H,77,88)(H,78,86)(H,79,87)(H,80,89)(H,81,90)(H,82,94)/t41-,42-,55+,56+,57+,58+,60+,69+,70+/m1/s1. The number of hydrogen-bond acceptors (Lipinski definition) is 14. The van der Waals surface area contributed by atoms with Crippen LogP contribution in [0.2, 0.25) is 0 Å². The van der Waals surface area contributed by atoms with Gasteiger partial charge < -0.3 is 72.6 Å². The number of thioether (sulfide) groups is 2. The summed E-state index contributed by atoms with van der Waals surface area (Å²) in [7, 11) is 1.51. The van der Waals surface area contributed by atoms with Crippen LogP contribution in [-0.4, -0.2) is 176 Å². The number of unbranched alkanes of at least 4 members (excludes halogenated alkanes) is 1. The molecule has 9 rings (SSSR count). The van der Waals surface area contributed by atoms with Gasteiger partial charge in [0, 0.05) is 103 Å². The quantitative estimate of drug-likeness (QED) is 0.0730. The van der Waals surface area contributed by atoms with Crippen molar-refractivity contribution in [3.05, 3.63) is 137 Å². The minimum Gasteiger partial charge on any atom is -0.497 e. The Labute approximate surface area is 570 Å². The van der Waals surface area contributed by atoms with Crippen molar-refractivity contribution >= 4 is 98.5 Å². The molecule has 2 bridgehead atoms. The van der Waals surface area contributed by atoms with E-state index >= 15 is 23.6 Å². The van der Waals surface area contributed by atoms with Crippen LogP contribution in [0, 0.1) is 11.6 Å². The van der Waals surface area contributed by atoms with E-state index in [1.807, 2.05) is 18.2 Å². The number of aromatic amines is 2. The van der Waals surface area contributed by atoms with Gasteiger partial charge >= 0.3 is 0 Å². The Morgan fingerprint density at radius 3 is 1.76 bits per heavy atom. The highest BCUT2D eigenvalue weighted by molar-refractivity contribution is 7.98. The number of methoxy groups -OCH3 is 1. The van der Waals surface area contributed by atoms with Crippen LogP contribution in [0.5, 0.6) is 5.75 Å². The molecular formula is C70H88F2N12O11S2. The van der Waals surface area contributed by atoms with Crippen LogP contribution in [0.15, 0.2) is 97.3 Å². The number of nitrogens with one attached hydrogen (secondary N) is 9. The van der Waals surface area contributed by atoms with E-state index in [1.165, 1.54) is 74.1 Å². The van der Waals surface area contributed by atoms with Crippen LogP contribution in [-0.2, 0) is 73.9 Å². The van der Waals surface area contributed by atoms with Crippen molar-refractivity contribution < 1.29 is 61.8 Å². The summed E-state index contributed by atoms with van der Waals surface area (Å²) in [5.74, 6) is -4.74. The van der Waals surface area contributed by atoms with Gasteiger partial charge in [-0.2, -0.15) is 23.5 Å². The first-order chi connectivity index (χ1) is 46.5. The highest BCUT2D eigenvalue weighted by Crippen LogP contribution is 2.34. The number of amides is 9. The second-order valence-corrected chi connectivity index (χ2v) is 27.9. The molecule has 9 amide bonds. The van der Waals surface area contributed by atoms with E-state index < -0.39 is 106 Å². The number of aromatic nitrogens is 2. The molecule has 23 nitrogen and oxygen atoms in total. The molecule has 12 N–H and O–H groups in total. The lowest BCUT2D eigenvalue weighted by atomic mass is 9.94. The van der Waals surface area contributed by atoms with Crippen LogP contribution in [0.1, 0.15) is 107 Å². The molecule has 3 aliphatic rings. The molecule has 0 radical (unpaired) electrons. The number of fused-ring (bicyclic) bond motifs is 6. The molecule has 2 aromatic heterocycles. The Morgan fingerprint density at radius 2 is 1.18 bits per heavy atom. The summed E-state index contributed by atoms with van der Waals surface area (Å²) < 4.78 is 35.3. The Kier molecular flexibility index (Phi) is 24.9. The van der Waals surface area contributed by atoms with Crippen molar-refractivity contribution in [2.45, 2.75) is 163 Å². The molecule has 4 aromatic carbocycles. The molecule has 3 aliphatic heterocycles. The first-order valence-corrected chi connectivity index (χ1v) is 35.3.